The van der Waals surface area contributed by atoms with Gasteiger partial charge in [0, 0.05) is 25.5 Å². The van der Waals surface area contributed by atoms with Crippen LogP contribution >= 0.6 is 0 Å². The fraction of sp³-hybridized carbons (Fsp3) is 0.409. The molecule has 2 atom stereocenters. The molecule has 12 heteroatoms. The number of hydrogen-bond acceptors (Lipinski definition) is 6. The first kappa shape index (κ1) is 23.6. The third-order valence-electron chi connectivity index (χ3n) is 5.97. The SMILES string of the molecule is Cc1cc(-n2nccn2)c(C(=O)N2CCC[C@@H](C)C2CNc2ncc(C(F)(F)F)cn2)cc1F. The second-order valence-electron chi connectivity index (χ2n) is 8.30. The van der Waals surface area contributed by atoms with Crippen LogP contribution < -0.4 is 5.32 Å². The predicted molar refractivity (Wildman–Crippen MR) is 115 cm³/mol. The molecule has 1 fully saturated rings. The number of anilines is 1. The van der Waals surface area contributed by atoms with Crippen molar-refractivity contribution in [2.24, 2.45) is 5.92 Å². The Labute approximate surface area is 193 Å². The second-order valence-corrected chi connectivity index (χ2v) is 8.30. The molecule has 0 saturated carbocycles. The lowest BCUT2D eigenvalue weighted by Gasteiger charge is -2.40. The minimum Gasteiger partial charge on any atom is -0.352 e. The number of nitrogens with one attached hydrogen (secondary N) is 1. The molecule has 34 heavy (non-hydrogen) atoms. The van der Waals surface area contributed by atoms with E-state index < -0.39 is 17.6 Å². The summed E-state index contributed by atoms with van der Waals surface area (Å²) in [4.78, 5) is 24.0. The maximum atomic E-state index is 14.5. The Bertz CT molecular complexity index is 1150. The maximum absolute atomic E-state index is 14.5. The van der Waals surface area contributed by atoms with Crippen LogP contribution in [0.4, 0.5) is 23.5 Å². The first-order valence-electron chi connectivity index (χ1n) is 10.8. The highest BCUT2D eigenvalue weighted by molar-refractivity contribution is 5.98. The van der Waals surface area contributed by atoms with Crippen molar-refractivity contribution < 1.29 is 22.4 Å². The summed E-state index contributed by atoms with van der Waals surface area (Å²) in [5, 5.41) is 11.1. The third-order valence-corrected chi connectivity index (χ3v) is 5.97. The van der Waals surface area contributed by atoms with E-state index in [1.165, 1.54) is 29.3 Å². The smallest absolute Gasteiger partial charge is 0.352 e. The quantitative estimate of drug-likeness (QED) is 0.562. The Morgan fingerprint density at radius 2 is 1.85 bits per heavy atom. The summed E-state index contributed by atoms with van der Waals surface area (Å²) in [6.07, 6.45) is 1.45. The number of carbonyl (C=O) groups excluding carboxylic acids is 1. The molecule has 1 saturated heterocycles. The highest BCUT2D eigenvalue weighted by atomic mass is 19.4. The van der Waals surface area contributed by atoms with Crippen LogP contribution in [-0.4, -0.2) is 54.9 Å². The van der Waals surface area contributed by atoms with Crippen LogP contribution in [0.3, 0.4) is 0 Å². The lowest BCUT2D eigenvalue weighted by Crippen LogP contribution is -2.51. The van der Waals surface area contributed by atoms with Gasteiger partial charge in [-0.2, -0.15) is 28.2 Å². The summed E-state index contributed by atoms with van der Waals surface area (Å²) in [7, 11) is 0. The minimum absolute atomic E-state index is 0.0287. The number of benzene rings is 1. The zero-order chi connectivity index (χ0) is 24.5. The van der Waals surface area contributed by atoms with Gasteiger partial charge < -0.3 is 10.2 Å². The van der Waals surface area contributed by atoms with Gasteiger partial charge >= 0.3 is 6.18 Å². The van der Waals surface area contributed by atoms with Crippen molar-refractivity contribution in [3.05, 3.63) is 59.4 Å². The number of carbonyl (C=O) groups is 1. The molecule has 1 aromatic carbocycles. The summed E-state index contributed by atoms with van der Waals surface area (Å²) in [6, 6.07) is 2.41. The molecule has 0 spiro atoms. The molecule has 1 N–H and O–H groups in total. The Morgan fingerprint density at radius 1 is 1.18 bits per heavy atom. The monoisotopic (exact) mass is 477 g/mol. The van der Waals surface area contributed by atoms with Gasteiger partial charge in [0.1, 0.15) is 5.82 Å². The molecule has 8 nitrogen and oxygen atoms in total. The van der Waals surface area contributed by atoms with Gasteiger partial charge in [-0.15, -0.1) is 0 Å². The van der Waals surface area contributed by atoms with E-state index in [1.54, 1.807) is 11.8 Å². The van der Waals surface area contributed by atoms with Crippen LogP contribution in [0.2, 0.25) is 0 Å². The molecule has 1 aliphatic heterocycles. The van der Waals surface area contributed by atoms with Gasteiger partial charge in [-0.3, -0.25) is 4.79 Å². The van der Waals surface area contributed by atoms with Crippen LogP contribution in [0, 0.1) is 18.7 Å². The Balaban J connectivity index is 1.58. The zero-order valence-corrected chi connectivity index (χ0v) is 18.6. The van der Waals surface area contributed by atoms with Gasteiger partial charge in [0.15, 0.2) is 0 Å². The topological polar surface area (TPSA) is 88.8 Å². The van der Waals surface area contributed by atoms with Crippen LogP contribution in [0.5, 0.6) is 0 Å². The summed E-state index contributed by atoms with van der Waals surface area (Å²) < 4.78 is 52.7. The van der Waals surface area contributed by atoms with Gasteiger partial charge in [0.25, 0.3) is 5.91 Å². The fourth-order valence-corrected chi connectivity index (χ4v) is 4.07. The molecule has 0 bridgehead atoms. The van der Waals surface area contributed by atoms with Crippen LogP contribution in [0.15, 0.2) is 36.9 Å². The van der Waals surface area contributed by atoms with Crippen molar-refractivity contribution in [1.29, 1.82) is 0 Å². The molecule has 0 radical (unpaired) electrons. The fourth-order valence-electron chi connectivity index (χ4n) is 4.07. The summed E-state index contributed by atoms with van der Waals surface area (Å²) >= 11 is 0. The zero-order valence-electron chi connectivity index (χ0n) is 18.6. The molecule has 0 aliphatic carbocycles. The van der Waals surface area contributed by atoms with Crippen molar-refractivity contribution in [3.63, 3.8) is 0 Å². The number of hydrogen-bond donors (Lipinski definition) is 1. The maximum Gasteiger partial charge on any atom is 0.419 e. The highest BCUT2D eigenvalue weighted by Gasteiger charge is 2.34. The van der Waals surface area contributed by atoms with E-state index in [-0.39, 0.29) is 35.9 Å². The number of halogens is 4. The second kappa shape index (κ2) is 9.35. The largest absolute Gasteiger partial charge is 0.419 e. The number of aryl methyl sites for hydroxylation is 1. The molecule has 4 rings (SSSR count). The van der Waals surface area contributed by atoms with Gasteiger partial charge in [0.05, 0.1) is 35.2 Å². The lowest BCUT2D eigenvalue weighted by molar-refractivity contribution is -0.138. The van der Waals surface area contributed by atoms with E-state index in [0.29, 0.717) is 30.2 Å². The molecule has 3 heterocycles. The number of likely N-dealkylation sites (tertiary alicyclic amines) is 1. The minimum atomic E-state index is -4.52. The average molecular weight is 477 g/mol. The summed E-state index contributed by atoms with van der Waals surface area (Å²) in [6.45, 7) is 4.26. The van der Waals surface area contributed by atoms with Gasteiger partial charge in [-0.1, -0.05) is 6.92 Å². The van der Waals surface area contributed by atoms with E-state index in [9.17, 15) is 22.4 Å². The number of nitrogens with zero attached hydrogens (tertiary/aromatic N) is 6. The van der Waals surface area contributed by atoms with Crippen LogP contribution in [0.25, 0.3) is 5.69 Å². The Morgan fingerprint density at radius 3 is 2.50 bits per heavy atom. The van der Waals surface area contributed by atoms with Crippen molar-refractivity contribution >= 4 is 11.9 Å². The number of aromatic nitrogens is 5. The van der Waals surface area contributed by atoms with E-state index in [4.69, 9.17) is 0 Å². The molecular weight excluding hydrogens is 454 g/mol. The molecule has 3 aromatic rings. The summed E-state index contributed by atoms with van der Waals surface area (Å²) in [5.74, 6) is -0.780. The van der Waals surface area contributed by atoms with E-state index >= 15 is 0 Å². The number of amides is 1. The van der Waals surface area contributed by atoms with Crippen molar-refractivity contribution in [3.8, 4) is 5.69 Å². The number of rotatable bonds is 5. The van der Waals surface area contributed by atoms with Crippen molar-refractivity contribution in [1.82, 2.24) is 29.9 Å². The van der Waals surface area contributed by atoms with E-state index in [2.05, 4.69) is 25.5 Å². The van der Waals surface area contributed by atoms with Crippen LogP contribution in [-0.2, 0) is 6.18 Å². The molecule has 1 amide bonds. The van der Waals surface area contributed by atoms with Gasteiger partial charge in [0.2, 0.25) is 5.95 Å². The van der Waals surface area contributed by atoms with Gasteiger partial charge in [-0.25, -0.2) is 14.4 Å². The predicted octanol–water partition coefficient (Wildman–Crippen LogP) is 3.88. The van der Waals surface area contributed by atoms with E-state index in [1.807, 2.05) is 6.92 Å². The van der Waals surface area contributed by atoms with E-state index in [0.717, 1.165) is 12.8 Å². The first-order valence-corrected chi connectivity index (χ1v) is 10.8. The Hall–Kier alpha value is -3.57. The normalized spacial score (nSPS) is 18.7. The first-order chi connectivity index (χ1) is 16.1. The third kappa shape index (κ3) is 4.85. The average Bonchev–Trinajstić information content (AvgIpc) is 3.34. The standard InChI is InChI=1S/C22H23F4N7O/c1-13-4-3-7-32(19(13)12-29-21-27-10-15(11-28-21)22(24,25)26)20(34)16-9-17(23)14(2)8-18(16)33-30-5-6-31-33/h5-6,8-11,13,19H,3-4,7,12H2,1-2H3,(H,27,28,29)/t13-,19?/m1/s1. The van der Waals surface area contributed by atoms with Gasteiger partial charge in [-0.05, 0) is 43.4 Å². The molecular formula is C22H23F4N7O. The van der Waals surface area contributed by atoms with Crippen molar-refractivity contribution in [2.45, 2.75) is 38.9 Å². The molecule has 1 aliphatic rings. The lowest BCUT2D eigenvalue weighted by atomic mass is 9.90. The van der Waals surface area contributed by atoms with Crippen LogP contribution in [0.1, 0.15) is 41.3 Å². The summed E-state index contributed by atoms with van der Waals surface area (Å²) in [5.41, 5.74) is -0.0929. The highest BCUT2D eigenvalue weighted by Crippen LogP contribution is 2.29. The number of alkyl halides is 3. The molecule has 2 aromatic heterocycles. The molecule has 180 valence electrons. The Kier molecular flexibility index (Phi) is 6.49. The number of piperidine rings is 1. The van der Waals surface area contributed by atoms with Crippen molar-refractivity contribution in [2.75, 3.05) is 18.4 Å². The molecule has 1 unspecified atom stereocenters.